The summed E-state index contributed by atoms with van der Waals surface area (Å²) in [6.45, 7) is 4.05. The van der Waals surface area contributed by atoms with Crippen LogP contribution in [0.4, 0.5) is 0 Å². The van der Waals surface area contributed by atoms with E-state index >= 15 is 0 Å². The van der Waals surface area contributed by atoms with E-state index < -0.39 is 6.29 Å². The molecule has 6 heteroatoms. The molecule has 5 nitrogen and oxygen atoms in total. The first kappa shape index (κ1) is 15.3. The maximum Gasteiger partial charge on any atom is 0.308 e. The lowest BCUT2D eigenvalue weighted by Crippen LogP contribution is -2.22. The monoisotopic (exact) mass is 276 g/mol. The van der Waals surface area contributed by atoms with Gasteiger partial charge in [0, 0.05) is 12.8 Å². The highest BCUT2D eigenvalue weighted by atomic mass is 32.2. The molecule has 1 saturated heterocycles. The maximum absolute atomic E-state index is 11.3. The van der Waals surface area contributed by atoms with E-state index in [2.05, 4.69) is 0 Å². The highest BCUT2D eigenvalue weighted by molar-refractivity contribution is 8.00. The predicted molar refractivity (Wildman–Crippen MR) is 68.0 cm³/mol. The van der Waals surface area contributed by atoms with Crippen molar-refractivity contribution in [1.29, 1.82) is 0 Å². The fourth-order valence-corrected chi connectivity index (χ4v) is 2.32. The molecule has 0 amide bonds. The van der Waals surface area contributed by atoms with Crippen molar-refractivity contribution in [3.8, 4) is 0 Å². The lowest BCUT2D eigenvalue weighted by atomic mass is 10.3. The topological polar surface area (TPSA) is 61.8 Å². The van der Waals surface area contributed by atoms with Gasteiger partial charge in [0.1, 0.15) is 12.0 Å². The molecule has 0 aromatic heterocycles. The van der Waals surface area contributed by atoms with Crippen LogP contribution in [0.5, 0.6) is 0 Å². The van der Waals surface area contributed by atoms with Crippen molar-refractivity contribution in [3.05, 3.63) is 0 Å². The number of carbonyl (C=O) groups excluding carboxylic acids is 2. The van der Waals surface area contributed by atoms with E-state index in [4.69, 9.17) is 14.2 Å². The van der Waals surface area contributed by atoms with Crippen LogP contribution in [0.15, 0.2) is 0 Å². The molecule has 0 aromatic carbocycles. The van der Waals surface area contributed by atoms with Gasteiger partial charge in [0.15, 0.2) is 0 Å². The van der Waals surface area contributed by atoms with Crippen LogP contribution in [0.1, 0.15) is 39.5 Å². The van der Waals surface area contributed by atoms with Crippen LogP contribution < -0.4 is 0 Å². The SMILES string of the molecule is CCCC(=O)OCC1OC(OC(=O)CCC)CS1. The molecule has 1 rings (SSSR count). The molecule has 2 atom stereocenters. The number of esters is 2. The number of ether oxygens (including phenoxy) is 3. The normalized spacial score (nSPS) is 22.8. The van der Waals surface area contributed by atoms with Crippen molar-refractivity contribution in [2.45, 2.75) is 51.3 Å². The van der Waals surface area contributed by atoms with Crippen molar-refractivity contribution < 1.29 is 23.8 Å². The van der Waals surface area contributed by atoms with Gasteiger partial charge in [-0.25, -0.2) is 0 Å². The zero-order valence-corrected chi connectivity index (χ0v) is 11.7. The van der Waals surface area contributed by atoms with E-state index in [0.29, 0.717) is 18.6 Å². The third-order valence-electron chi connectivity index (χ3n) is 2.27. The summed E-state index contributed by atoms with van der Waals surface area (Å²) in [6, 6.07) is 0. The Bertz CT molecular complexity index is 282. The summed E-state index contributed by atoms with van der Waals surface area (Å²) in [5, 5.41) is 0. The summed E-state index contributed by atoms with van der Waals surface area (Å²) < 4.78 is 15.6. The number of hydrogen-bond acceptors (Lipinski definition) is 6. The highest BCUT2D eigenvalue weighted by Crippen LogP contribution is 2.26. The first-order chi connectivity index (χ1) is 8.65. The Kier molecular flexibility index (Phi) is 7.12. The summed E-state index contributed by atoms with van der Waals surface area (Å²) in [5.41, 5.74) is -0.231. The minimum Gasteiger partial charge on any atom is -0.462 e. The molecule has 0 saturated carbocycles. The van der Waals surface area contributed by atoms with Gasteiger partial charge in [-0.1, -0.05) is 13.8 Å². The summed E-state index contributed by atoms with van der Waals surface area (Å²) in [4.78, 5) is 22.4. The average Bonchev–Trinajstić information content (AvgIpc) is 2.75. The largest absolute Gasteiger partial charge is 0.462 e. The van der Waals surface area contributed by atoms with E-state index in [1.54, 1.807) is 0 Å². The average molecular weight is 276 g/mol. The van der Waals surface area contributed by atoms with Crippen LogP contribution in [0, 0.1) is 0 Å². The summed E-state index contributed by atoms with van der Waals surface area (Å²) in [6.07, 6.45) is 1.85. The third kappa shape index (κ3) is 5.73. The summed E-state index contributed by atoms with van der Waals surface area (Å²) in [5.74, 6) is 0.130. The Morgan fingerprint density at radius 1 is 1.22 bits per heavy atom. The van der Waals surface area contributed by atoms with Crippen molar-refractivity contribution >= 4 is 23.7 Å². The van der Waals surface area contributed by atoms with E-state index in [-0.39, 0.29) is 24.0 Å². The van der Waals surface area contributed by atoms with Crippen molar-refractivity contribution in [1.82, 2.24) is 0 Å². The highest BCUT2D eigenvalue weighted by Gasteiger charge is 2.29. The molecular formula is C12H20O5S. The van der Waals surface area contributed by atoms with Crippen LogP contribution in [0.2, 0.25) is 0 Å². The van der Waals surface area contributed by atoms with Gasteiger partial charge in [-0.2, -0.15) is 0 Å². The Morgan fingerprint density at radius 2 is 1.89 bits per heavy atom. The second-order valence-corrected chi connectivity index (χ2v) is 5.19. The van der Waals surface area contributed by atoms with E-state index in [1.807, 2.05) is 13.8 Å². The fraction of sp³-hybridized carbons (Fsp3) is 0.833. The van der Waals surface area contributed by atoms with E-state index in [0.717, 1.165) is 12.8 Å². The standard InChI is InChI=1S/C12H20O5S/c1-3-5-9(13)15-7-12-17-11(8-18-12)16-10(14)6-4-2/h11-12H,3-8H2,1-2H3. The molecule has 0 aromatic rings. The van der Waals surface area contributed by atoms with Gasteiger partial charge in [0.25, 0.3) is 0 Å². The van der Waals surface area contributed by atoms with Gasteiger partial charge in [-0.05, 0) is 12.8 Å². The van der Waals surface area contributed by atoms with E-state index in [1.165, 1.54) is 11.8 Å². The molecule has 1 aliphatic heterocycles. The Morgan fingerprint density at radius 3 is 2.56 bits per heavy atom. The molecule has 1 heterocycles. The second-order valence-electron chi connectivity index (χ2n) is 4.00. The van der Waals surface area contributed by atoms with Gasteiger partial charge >= 0.3 is 11.9 Å². The molecule has 0 spiro atoms. The van der Waals surface area contributed by atoms with Crippen LogP contribution >= 0.6 is 11.8 Å². The first-order valence-electron chi connectivity index (χ1n) is 6.27. The van der Waals surface area contributed by atoms with E-state index in [9.17, 15) is 9.59 Å². The van der Waals surface area contributed by atoms with Crippen LogP contribution in [0.3, 0.4) is 0 Å². The molecule has 1 aliphatic rings. The number of hydrogen-bond donors (Lipinski definition) is 0. The molecule has 0 radical (unpaired) electrons. The van der Waals surface area contributed by atoms with Crippen molar-refractivity contribution in [2.24, 2.45) is 0 Å². The number of rotatable bonds is 7. The molecule has 18 heavy (non-hydrogen) atoms. The van der Waals surface area contributed by atoms with Crippen LogP contribution in [-0.4, -0.2) is 36.0 Å². The first-order valence-corrected chi connectivity index (χ1v) is 7.32. The molecule has 0 N–H and O–H groups in total. The zero-order chi connectivity index (χ0) is 13.4. The summed E-state index contributed by atoms with van der Waals surface area (Å²) in [7, 11) is 0. The van der Waals surface area contributed by atoms with Gasteiger partial charge in [0.2, 0.25) is 6.29 Å². The van der Waals surface area contributed by atoms with Gasteiger partial charge in [-0.15, -0.1) is 11.8 Å². The van der Waals surface area contributed by atoms with Gasteiger partial charge in [0.05, 0.1) is 5.75 Å². The third-order valence-corrected chi connectivity index (χ3v) is 3.36. The Labute approximate surface area is 112 Å². The maximum atomic E-state index is 11.3. The predicted octanol–water partition coefficient (Wildman–Crippen LogP) is 2.09. The Hall–Kier alpha value is -0.750. The lowest BCUT2D eigenvalue weighted by Gasteiger charge is -2.13. The van der Waals surface area contributed by atoms with Crippen LogP contribution in [0.25, 0.3) is 0 Å². The number of carbonyl (C=O) groups is 2. The fourth-order valence-electron chi connectivity index (χ4n) is 1.43. The molecular weight excluding hydrogens is 256 g/mol. The zero-order valence-electron chi connectivity index (χ0n) is 10.8. The van der Waals surface area contributed by atoms with Gasteiger partial charge in [-0.3, -0.25) is 9.59 Å². The van der Waals surface area contributed by atoms with Gasteiger partial charge < -0.3 is 14.2 Å². The summed E-state index contributed by atoms with van der Waals surface area (Å²) >= 11 is 1.49. The number of thioether (sulfide) groups is 1. The Balaban J connectivity index is 2.16. The molecule has 1 fully saturated rings. The smallest absolute Gasteiger partial charge is 0.308 e. The molecule has 0 aliphatic carbocycles. The molecule has 2 unspecified atom stereocenters. The quantitative estimate of drug-likeness (QED) is 0.663. The van der Waals surface area contributed by atoms with Crippen molar-refractivity contribution in [2.75, 3.05) is 12.4 Å². The minimum absolute atomic E-state index is 0.214. The minimum atomic E-state index is -0.510. The van der Waals surface area contributed by atoms with Crippen LogP contribution in [-0.2, 0) is 23.8 Å². The second kappa shape index (κ2) is 8.37. The lowest BCUT2D eigenvalue weighted by molar-refractivity contribution is -0.177. The molecule has 104 valence electrons. The van der Waals surface area contributed by atoms with Crippen molar-refractivity contribution in [3.63, 3.8) is 0 Å². The molecule has 0 bridgehead atoms.